The molecule has 160 valence electrons. The molecule has 0 unspecified atom stereocenters. The van der Waals surface area contributed by atoms with Crippen LogP contribution in [0.25, 0.3) is 11.1 Å². The molecular formula is C22H24N2O6-2. The Morgan fingerprint density at radius 1 is 1.20 bits per heavy atom. The van der Waals surface area contributed by atoms with E-state index in [-0.39, 0.29) is 24.3 Å². The summed E-state index contributed by atoms with van der Waals surface area (Å²) in [6, 6.07) is 8.99. The molecule has 4 N–H and O–H groups in total. The number of phenolic OH excluding ortho intramolecular Hbond substituents is 2. The number of carboxylic acid groups (broad SMARTS) is 2. The summed E-state index contributed by atoms with van der Waals surface area (Å²) < 4.78 is 0. The molecule has 8 heteroatoms. The first kappa shape index (κ1) is 21.6. The molecule has 0 saturated carbocycles. The molecule has 4 rings (SSSR count). The van der Waals surface area contributed by atoms with Gasteiger partial charge in [0.25, 0.3) is 0 Å². The van der Waals surface area contributed by atoms with Gasteiger partial charge in [-0.2, -0.15) is 0 Å². The van der Waals surface area contributed by atoms with E-state index in [1.807, 2.05) is 6.07 Å². The summed E-state index contributed by atoms with van der Waals surface area (Å²) in [4.78, 5) is 22.0. The molecule has 0 radical (unpaired) electrons. The summed E-state index contributed by atoms with van der Waals surface area (Å²) in [5.41, 5.74) is 10.6. The van der Waals surface area contributed by atoms with Gasteiger partial charge in [-0.1, -0.05) is 24.3 Å². The summed E-state index contributed by atoms with van der Waals surface area (Å²) in [6.07, 6.45) is 1.44. The van der Waals surface area contributed by atoms with E-state index in [1.54, 1.807) is 6.07 Å². The number of nitrogens with zero attached hydrogens (tertiary/aromatic N) is 1. The third-order valence-corrected chi connectivity index (χ3v) is 5.68. The van der Waals surface area contributed by atoms with Gasteiger partial charge >= 0.3 is 0 Å². The van der Waals surface area contributed by atoms with E-state index in [1.165, 1.54) is 11.1 Å². The van der Waals surface area contributed by atoms with Gasteiger partial charge in [0.15, 0.2) is 11.5 Å². The number of carboxylic acids is 2. The smallest absolute Gasteiger partial charge is 0.165 e. The van der Waals surface area contributed by atoms with Crippen molar-refractivity contribution in [3.63, 3.8) is 0 Å². The average Bonchev–Trinajstić information content (AvgIpc) is 2.71. The van der Waals surface area contributed by atoms with Crippen LogP contribution in [0.2, 0.25) is 0 Å². The van der Waals surface area contributed by atoms with Crippen molar-refractivity contribution in [1.29, 1.82) is 0 Å². The number of carbonyl (C=O) groups is 2. The Balaban J connectivity index is 0.000000220. The van der Waals surface area contributed by atoms with Crippen LogP contribution in [0.5, 0.6) is 11.5 Å². The van der Waals surface area contributed by atoms with E-state index in [9.17, 15) is 30.0 Å². The first-order valence-corrected chi connectivity index (χ1v) is 9.73. The predicted octanol–water partition coefficient (Wildman–Crippen LogP) is -0.556. The number of aliphatic carboxylic acids is 2. The van der Waals surface area contributed by atoms with Crippen LogP contribution in [-0.2, 0) is 22.4 Å². The van der Waals surface area contributed by atoms with Crippen molar-refractivity contribution in [2.75, 3.05) is 13.6 Å². The Kier molecular flexibility index (Phi) is 6.28. The van der Waals surface area contributed by atoms with E-state index >= 15 is 0 Å². The van der Waals surface area contributed by atoms with E-state index in [0.29, 0.717) is 6.04 Å². The van der Waals surface area contributed by atoms with Crippen molar-refractivity contribution in [2.24, 2.45) is 5.73 Å². The molecule has 30 heavy (non-hydrogen) atoms. The van der Waals surface area contributed by atoms with Crippen LogP contribution in [0.4, 0.5) is 0 Å². The van der Waals surface area contributed by atoms with Gasteiger partial charge in [-0.3, -0.25) is 4.90 Å². The zero-order chi connectivity index (χ0) is 22.0. The normalized spacial score (nSPS) is 17.7. The van der Waals surface area contributed by atoms with Crippen LogP contribution in [0.1, 0.15) is 35.6 Å². The number of hydrogen-bond acceptors (Lipinski definition) is 8. The maximum Gasteiger partial charge on any atom is 0.165 e. The van der Waals surface area contributed by atoms with E-state index < -0.39 is 18.0 Å². The Morgan fingerprint density at radius 3 is 2.60 bits per heavy atom. The van der Waals surface area contributed by atoms with Gasteiger partial charge in [-0.25, -0.2) is 0 Å². The molecule has 0 bridgehead atoms. The average molecular weight is 412 g/mol. The van der Waals surface area contributed by atoms with Gasteiger partial charge in [0.05, 0.1) is 5.97 Å². The molecule has 2 aromatic rings. The maximum atomic E-state index is 10.3. The molecule has 1 aliphatic heterocycles. The zero-order valence-corrected chi connectivity index (χ0v) is 16.6. The number of phenols is 2. The van der Waals surface area contributed by atoms with Crippen LogP contribution < -0.4 is 15.9 Å². The number of likely N-dealkylation sites (N-methyl/N-ethyl adjacent to an activating group) is 1. The van der Waals surface area contributed by atoms with Crippen molar-refractivity contribution >= 4 is 11.9 Å². The minimum Gasteiger partial charge on any atom is -0.550 e. The lowest BCUT2D eigenvalue weighted by Gasteiger charge is -2.39. The molecule has 0 saturated heterocycles. The van der Waals surface area contributed by atoms with Crippen molar-refractivity contribution in [2.45, 2.75) is 37.8 Å². The summed E-state index contributed by atoms with van der Waals surface area (Å²) >= 11 is 0. The van der Waals surface area contributed by atoms with Crippen molar-refractivity contribution in [3.05, 3.63) is 47.0 Å². The van der Waals surface area contributed by atoms with Crippen molar-refractivity contribution in [1.82, 2.24) is 4.90 Å². The van der Waals surface area contributed by atoms with Gasteiger partial charge in [0, 0.05) is 30.2 Å². The zero-order valence-electron chi connectivity index (χ0n) is 16.6. The van der Waals surface area contributed by atoms with Crippen LogP contribution in [0, 0.1) is 0 Å². The minimum atomic E-state index is -1.44. The van der Waals surface area contributed by atoms with Crippen LogP contribution in [-0.4, -0.2) is 46.7 Å². The van der Waals surface area contributed by atoms with Crippen LogP contribution in [0.3, 0.4) is 0 Å². The van der Waals surface area contributed by atoms with Gasteiger partial charge in [-0.05, 0) is 61.1 Å². The summed E-state index contributed by atoms with van der Waals surface area (Å²) in [7, 11) is 2.16. The molecule has 2 atom stereocenters. The third kappa shape index (κ3) is 4.24. The molecule has 0 aromatic heterocycles. The molecule has 8 nitrogen and oxygen atoms in total. The molecular weight excluding hydrogens is 388 g/mol. The largest absolute Gasteiger partial charge is 0.550 e. The molecule has 2 aromatic carbocycles. The second kappa shape index (κ2) is 8.73. The highest BCUT2D eigenvalue weighted by Crippen LogP contribution is 2.49. The quantitative estimate of drug-likeness (QED) is 0.566. The van der Waals surface area contributed by atoms with E-state index in [2.05, 4.69) is 30.1 Å². The molecule has 0 amide bonds. The second-order valence-electron chi connectivity index (χ2n) is 7.63. The Hall–Kier alpha value is -3.10. The van der Waals surface area contributed by atoms with Gasteiger partial charge < -0.3 is 35.7 Å². The predicted molar refractivity (Wildman–Crippen MR) is 105 cm³/mol. The fraction of sp³-hybridized carbons (Fsp3) is 0.364. The number of rotatable bonds is 4. The van der Waals surface area contributed by atoms with Gasteiger partial charge in [-0.15, -0.1) is 0 Å². The number of hydrogen-bond donors (Lipinski definition) is 3. The Morgan fingerprint density at radius 2 is 1.93 bits per heavy atom. The first-order chi connectivity index (χ1) is 14.2. The monoisotopic (exact) mass is 412 g/mol. The SMILES string of the molecule is CN1CCc2cccc3c2[C@H]1Cc1ccc(O)c(O)c1-3.N[C@@H](CCC(=O)[O-])C(=O)[O-]. The van der Waals surface area contributed by atoms with Crippen LogP contribution >= 0.6 is 0 Å². The molecule has 1 heterocycles. The molecule has 0 spiro atoms. The highest BCUT2D eigenvalue weighted by Gasteiger charge is 2.34. The number of fused-ring (bicyclic) bond motifs is 2. The standard InChI is InChI=1S/C17H17NO2.C5H9NO4/c1-18-8-7-10-3-2-4-12-15(10)13(18)9-11-5-6-14(19)17(20)16(11)12;6-3(5(9)10)1-2-4(7)8/h2-6,13,19-20H,7-9H2,1H3;3H,1-2,6H2,(H,7,8)(H,9,10)/p-2/t13-;3-/m10/s1. The number of nitrogens with two attached hydrogens (primary N) is 1. The highest BCUT2D eigenvalue weighted by atomic mass is 16.4. The molecule has 2 aliphatic rings. The molecule has 1 aliphatic carbocycles. The topological polar surface area (TPSA) is 150 Å². The lowest BCUT2D eigenvalue weighted by atomic mass is 9.77. The fourth-order valence-electron chi connectivity index (χ4n) is 4.07. The van der Waals surface area contributed by atoms with Crippen molar-refractivity contribution < 1.29 is 30.0 Å². The fourth-order valence-corrected chi connectivity index (χ4v) is 4.07. The second-order valence-corrected chi connectivity index (χ2v) is 7.63. The van der Waals surface area contributed by atoms with Crippen LogP contribution in [0.15, 0.2) is 30.3 Å². The summed E-state index contributed by atoms with van der Waals surface area (Å²) in [5.74, 6) is -2.77. The maximum absolute atomic E-state index is 10.3. The minimum absolute atomic E-state index is 0.0163. The Labute approximate surface area is 174 Å². The number of aromatic hydroxyl groups is 2. The van der Waals surface area contributed by atoms with Gasteiger partial charge in [0.1, 0.15) is 0 Å². The Bertz CT molecular complexity index is 974. The number of benzene rings is 2. The van der Waals surface area contributed by atoms with Gasteiger partial charge in [0.2, 0.25) is 0 Å². The lowest BCUT2D eigenvalue weighted by Crippen LogP contribution is -2.42. The summed E-state index contributed by atoms with van der Waals surface area (Å²) in [6.45, 7) is 1.07. The lowest BCUT2D eigenvalue weighted by molar-refractivity contribution is -0.309. The number of carbonyl (C=O) groups excluding carboxylic acids is 2. The first-order valence-electron chi connectivity index (χ1n) is 9.73. The molecule has 0 fully saturated rings. The third-order valence-electron chi connectivity index (χ3n) is 5.68. The highest BCUT2D eigenvalue weighted by molar-refractivity contribution is 5.82. The van der Waals surface area contributed by atoms with E-state index in [4.69, 9.17) is 5.73 Å². The van der Waals surface area contributed by atoms with Crippen molar-refractivity contribution in [3.8, 4) is 22.6 Å². The van der Waals surface area contributed by atoms with E-state index in [0.717, 1.165) is 36.1 Å². The summed E-state index contributed by atoms with van der Waals surface area (Å²) in [5, 5.41) is 39.7.